The minimum atomic E-state index is -0.678. The number of likely N-dealkylation sites (N-methyl/N-ethyl adjacent to an activating group) is 1. The Hall–Kier alpha value is -2.73. The molecule has 0 bridgehead atoms. The molecule has 0 spiro atoms. The Bertz CT molecular complexity index is 779. The molecule has 0 aromatic heterocycles. The highest BCUT2D eigenvalue weighted by atomic mass is 35.5. The van der Waals surface area contributed by atoms with Crippen LogP contribution in [0.1, 0.15) is 17.3 Å². The Morgan fingerprint density at radius 1 is 1.15 bits per heavy atom. The minimum Gasteiger partial charge on any atom is -0.493 e. The van der Waals surface area contributed by atoms with Gasteiger partial charge in [-0.3, -0.25) is 4.79 Å². The monoisotopic (exact) mass is 377 g/mol. The molecule has 0 saturated carbocycles. The van der Waals surface area contributed by atoms with Crippen LogP contribution in [0.5, 0.6) is 11.5 Å². The van der Waals surface area contributed by atoms with E-state index in [0.29, 0.717) is 23.8 Å². The summed E-state index contributed by atoms with van der Waals surface area (Å²) in [7, 11) is 3.06. The van der Waals surface area contributed by atoms with Gasteiger partial charge >= 0.3 is 5.97 Å². The lowest BCUT2D eigenvalue weighted by atomic mass is 10.2. The maximum atomic E-state index is 12.2. The van der Waals surface area contributed by atoms with E-state index in [1.165, 1.54) is 24.1 Å². The molecule has 0 N–H and O–H groups in total. The summed E-state index contributed by atoms with van der Waals surface area (Å²) in [5.74, 6) is -0.358. The van der Waals surface area contributed by atoms with Crippen molar-refractivity contribution >= 4 is 29.2 Å². The fourth-order valence-electron chi connectivity index (χ4n) is 2.23. The topological polar surface area (TPSA) is 65.1 Å². The lowest BCUT2D eigenvalue weighted by Gasteiger charge is -2.17. The van der Waals surface area contributed by atoms with E-state index in [1.807, 2.05) is 25.1 Å². The van der Waals surface area contributed by atoms with Crippen LogP contribution in [0.15, 0.2) is 42.5 Å². The maximum Gasteiger partial charge on any atom is 0.338 e. The van der Waals surface area contributed by atoms with Crippen molar-refractivity contribution in [2.45, 2.75) is 6.92 Å². The van der Waals surface area contributed by atoms with Gasteiger partial charge < -0.3 is 19.1 Å². The second kappa shape index (κ2) is 9.10. The molecule has 26 heavy (non-hydrogen) atoms. The Kier molecular flexibility index (Phi) is 6.86. The zero-order valence-corrected chi connectivity index (χ0v) is 15.6. The number of benzene rings is 2. The van der Waals surface area contributed by atoms with Crippen molar-refractivity contribution in [2.24, 2.45) is 0 Å². The summed E-state index contributed by atoms with van der Waals surface area (Å²) in [4.78, 5) is 25.9. The quantitative estimate of drug-likeness (QED) is 0.690. The van der Waals surface area contributed by atoms with Crippen molar-refractivity contribution < 1.29 is 23.8 Å². The smallest absolute Gasteiger partial charge is 0.338 e. The number of carbonyl (C=O) groups excluding carboxylic acids is 2. The number of hydrogen-bond donors (Lipinski definition) is 0. The molecule has 138 valence electrons. The number of nitrogens with zero attached hydrogens (tertiary/aromatic N) is 1. The predicted octanol–water partition coefficient (Wildman–Crippen LogP) is 3.57. The third kappa shape index (κ3) is 4.67. The SMILES string of the molecule is CCOc1c(Cl)cc(C(=O)OCC(=O)N(C)c2ccccc2)cc1OC. The predicted molar refractivity (Wildman–Crippen MR) is 99.3 cm³/mol. The van der Waals surface area contributed by atoms with Gasteiger partial charge in [-0.25, -0.2) is 4.79 Å². The van der Waals surface area contributed by atoms with E-state index < -0.39 is 12.6 Å². The molecule has 0 aliphatic rings. The molecule has 0 heterocycles. The van der Waals surface area contributed by atoms with Crippen molar-refractivity contribution in [1.82, 2.24) is 0 Å². The van der Waals surface area contributed by atoms with E-state index in [2.05, 4.69) is 0 Å². The average Bonchev–Trinajstić information content (AvgIpc) is 2.67. The normalized spacial score (nSPS) is 10.2. The molecule has 0 fully saturated rings. The molecule has 2 aromatic carbocycles. The van der Waals surface area contributed by atoms with Crippen molar-refractivity contribution in [3.63, 3.8) is 0 Å². The number of hydrogen-bond acceptors (Lipinski definition) is 5. The summed E-state index contributed by atoms with van der Waals surface area (Å²) in [5.41, 5.74) is 0.879. The lowest BCUT2D eigenvalue weighted by molar-refractivity contribution is -0.121. The summed E-state index contributed by atoms with van der Waals surface area (Å²) >= 11 is 6.14. The Balaban J connectivity index is 2.06. The van der Waals surface area contributed by atoms with Gasteiger partial charge in [0.05, 0.1) is 24.3 Å². The zero-order valence-electron chi connectivity index (χ0n) is 14.8. The number of esters is 1. The standard InChI is InChI=1S/C19H20ClNO5/c1-4-25-18-15(20)10-13(11-16(18)24-3)19(23)26-12-17(22)21(2)14-8-6-5-7-9-14/h5-11H,4,12H2,1-3H3. The zero-order chi connectivity index (χ0) is 19.1. The number of rotatable bonds is 7. The Morgan fingerprint density at radius 3 is 2.46 bits per heavy atom. The van der Waals surface area contributed by atoms with Crippen LogP contribution in [0.2, 0.25) is 5.02 Å². The summed E-state index contributed by atoms with van der Waals surface area (Å²) < 4.78 is 15.7. The van der Waals surface area contributed by atoms with E-state index in [4.69, 9.17) is 25.8 Å². The lowest BCUT2D eigenvalue weighted by Crippen LogP contribution is -2.31. The van der Waals surface area contributed by atoms with E-state index >= 15 is 0 Å². The van der Waals surface area contributed by atoms with Gasteiger partial charge in [-0.05, 0) is 31.2 Å². The van der Waals surface area contributed by atoms with Gasteiger partial charge in [0.25, 0.3) is 5.91 Å². The molecule has 1 amide bonds. The van der Waals surface area contributed by atoms with E-state index in [0.717, 1.165) is 0 Å². The van der Waals surface area contributed by atoms with Gasteiger partial charge in [-0.15, -0.1) is 0 Å². The molecular weight excluding hydrogens is 358 g/mol. The number of para-hydroxylation sites is 1. The van der Waals surface area contributed by atoms with E-state index in [-0.39, 0.29) is 16.5 Å². The highest BCUT2D eigenvalue weighted by molar-refractivity contribution is 6.32. The van der Waals surface area contributed by atoms with Gasteiger partial charge in [0.1, 0.15) is 0 Å². The minimum absolute atomic E-state index is 0.172. The van der Waals surface area contributed by atoms with Crippen molar-refractivity contribution in [3.8, 4) is 11.5 Å². The Morgan fingerprint density at radius 2 is 1.85 bits per heavy atom. The second-order valence-corrected chi connectivity index (χ2v) is 5.69. The largest absolute Gasteiger partial charge is 0.493 e. The van der Waals surface area contributed by atoms with E-state index in [9.17, 15) is 9.59 Å². The van der Waals surface area contributed by atoms with Crippen LogP contribution in [0.4, 0.5) is 5.69 Å². The number of anilines is 1. The molecule has 7 heteroatoms. The first kappa shape index (κ1) is 19.6. The molecule has 0 unspecified atom stereocenters. The highest BCUT2D eigenvalue weighted by Crippen LogP contribution is 2.36. The summed E-state index contributed by atoms with van der Waals surface area (Å²) in [6, 6.07) is 11.9. The van der Waals surface area contributed by atoms with Crippen LogP contribution in [-0.2, 0) is 9.53 Å². The first-order chi connectivity index (χ1) is 12.5. The van der Waals surface area contributed by atoms with Gasteiger partial charge in [0.2, 0.25) is 0 Å². The van der Waals surface area contributed by atoms with Gasteiger partial charge in [-0.2, -0.15) is 0 Å². The summed E-state index contributed by atoms with van der Waals surface area (Å²) in [6.07, 6.45) is 0. The number of amides is 1. The molecule has 0 saturated heterocycles. The Labute approximate surface area is 157 Å². The van der Waals surface area contributed by atoms with Gasteiger partial charge in [0, 0.05) is 12.7 Å². The molecule has 0 aliphatic heterocycles. The van der Waals surface area contributed by atoms with Crippen LogP contribution < -0.4 is 14.4 Å². The molecule has 2 aromatic rings. The van der Waals surface area contributed by atoms with Gasteiger partial charge in [-0.1, -0.05) is 29.8 Å². The first-order valence-electron chi connectivity index (χ1n) is 7.97. The number of ether oxygens (including phenoxy) is 3. The third-order valence-corrected chi connectivity index (χ3v) is 3.88. The van der Waals surface area contributed by atoms with Crippen LogP contribution in [0.3, 0.4) is 0 Å². The molecule has 0 radical (unpaired) electrons. The third-order valence-electron chi connectivity index (χ3n) is 3.60. The van der Waals surface area contributed by atoms with Gasteiger partial charge in [0.15, 0.2) is 18.1 Å². The summed E-state index contributed by atoms with van der Waals surface area (Å²) in [6.45, 7) is 1.82. The van der Waals surface area contributed by atoms with Crippen LogP contribution in [0.25, 0.3) is 0 Å². The fourth-order valence-corrected chi connectivity index (χ4v) is 2.49. The molecule has 0 aliphatic carbocycles. The molecule has 0 atom stereocenters. The van der Waals surface area contributed by atoms with Crippen LogP contribution in [-0.4, -0.2) is 39.2 Å². The molecular formula is C19H20ClNO5. The molecule has 2 rings (SSSR count). The number of halogens is 1. The number of carbonyl (C=O) groups is 2. The highest BCUT2D eigenvalue weighted by Gasteiger charge is 2.19. The summed E-state index contributed by atoms with van der Waals surface area (Å²) in [5, 5.41) is 0.228. The van der Waals surface area contributed by atoms with Crippen LogP contribution in [0, 0.1) is 0 Å². The molecule has 6 nitrogen and oxygen atoms in total. The van der Waals surface area contributed by atoms with Crippen LogP contribution >= 0.6 is 11.6 Å². The van der Waals surface area contributed by atoms with E-state index in [1.54, 1.807) is 19.2 Å². The first-order valence-corrected chi connectivity index (χ1v) is 8.34. The average molecular weight is 378 g/mol. The van der Waals surface area contributed by atoms with Crippen molar-refractivity contribution in [3.05, 3.63) is 53.1 Å². The van der Waals surface area contributed by atoms with Crippen molar-refractivity contribution in [2.75, 3.05) is 32.3 Å². The number of methoxy groups -OCH3 is 1. The fraction of sp³-hybridized carbons (Fsp3) is 0.263. The maximum absolute atomic E-state index is 12.2. The second-order valence-electron chi connectivity index (χ2n) is 5.29. The van der Waals surface area contributed by atoms with Crippen molar-refractivity contribution in [1.29, 1.82) is 0 Å².